The maximum Gasteiger partial charge on any atom is 0.257 e. The van der Waals surface area contributed by atoms with E-state index in [1.165, 1.54) is 5.01 Å². The number of carbonyl (C=O) groups is 2. The molecule has 0 radical (unpaired) electrons. The zero-order chi connectivity index (χ0) is 23.4. The fraction of sp³-hybridized carbons (Fsp3) is 0.240. The first kappa shape index (κ1) is 22.8. The van der Waals surface area contributed by atoms with Crippen LogP contribution in [0.2, 0.25) is 5.02 Å². The number of hydrazone groups is 1. The molecule has 1 aliphatic rings. The van der Waals surface area contributed by atoms with Crippen molar-refractivity contribution < 1.29 is 14.0 Å². The molecule has 1 aliphatic heterocycles. The van der Waals surface area contributed by atoms with Crippen molar-refractivity contribution >= 4 is 34.8 Å². The number of rotatable bonds is 7. The number of carbonyl (C=O) groups excluding carboxylic acids is 2. The van der Waals surface area contributed by atoms with Gasteiger partial charge in [-0.1, -0.05) is 53.6 Å². The third-order valence-corrected chi connectivity index (χ3v) is 5.72. The number of para-hydroxylation sites is 1. The van der Waals surface area contributed by atoms with Crippen LogP contribution in [0.5, 0.6) is 0 Å². The van der Waals surface area contributed by atoms with E-state index in [2.05, 4.69) is 10.4 Å². The summed E-state index contributed by atoms with van der Waals surface area (Å²) in [6, 6.07) is 18.4. The fourth-order valence-electron chi connectivity index (χ4n) is 3.72. The zero-order valence-corrected chi connectivity index (χ0v) is 19.2. The lowest BCUT2D eigenvalue weighted by Gasteiger charge is -2.23. The van der Waals surface area contributed by atoms with Gasteiger partial charge in [0.2, 0.25) is 5.91 Å². The maximum absolute atomic E-state index is 13.2. The minimum atomic E-state index is -0.325. The molecule has 170 valence electrons. The van der Waals surface area contributed by atoms with Gasteiger partial charge in [0.05, 0.1) is 35.8 Å². The van der Waals surface area contributed by atoms with Crippen molar-refractivity contribution in [1.82, 2.24) is 9.91 Å². The van der Waals surface area contributed by atoms with E-state index in [0.717, 1.165) is 16.8 Å². The van der Waals surface area contributed by atoms with Crippen molar-refractivity contribution in [3.63, 3.8) is 0 Å². The summed E-state index contributed by atoms with van der Waals surface area (Å²) in [6.07, 6.45) is 2.14. The second-order valence-electron chi connectivity index (χ2n) is 8.09. The van der Waals surface area contributed by atoms with Gasteiger partial charge in [-0.05, 0) is 43.8 Å². The number of amides is 2. The SMILES string of the molecule is Cc1ccc(C2=NN(C(=O)CN(C)CC(=O)Nc3ccccc3Cl)C(c3ccco3)C2)cc1. The monoisotopic (exact) mass is 464 g/mol. The molecule has 1 atom stereocenters. The number of benzene rings is 2. The van der Waals surface area contributed by atoms with Crippen LogP contribution >= 0.6 is 11.6 Å². The predicted molar refractivity (Wildman–Crippen MR) is 128 cm³/mol. The molecular formula is C25H25ClN4O3. The van der Waals surface area contributed by atoms with Gasteiger partial charge in [-0.3, -0.25) is 14.5 Å². The minimum absolute atomic E-state index is 0.0256. The molecule has 4 rings (SSSR count). The molecule has 0 fully saturated rings. The van der Waals surface area contributed by atoms with Crippen LogP contribution < -0.4 is 5.32 Å². The predicted octanol–water partition coefficient (Wildman–Crippen LogP) is 4.49. The minimum Gasteiger partial charge on any atom is -0.467 e. The standard InChI is InChI=1S/C25H25ClN4O3/c1-17-9-11-18(12-10-17)21-14-22(23-8-5-13-33-23)30(28-21)25(32)16-29(2)15-24(31)27-20-7-4-3-6-19(20)26/h3-13,22H,14-16H2,1-2H3,(H,27,31). The molecule has 1 N–H and O–H groups in total. The van der Waals surface area contributed by atoms with E-state index in [-0.39, 0.29) is 30.9 Å². The third kappa shape index (κ3) is 5.50. The quantitative estimate of drug-likeness (QED) is 0.558. The Morgan fingerprint density at radius 3 is 2.58 bits per heavy atom. The van der Waals surface area contributed by atoms with Crippen molar-refractivity contribution in [2.45, 2.75) is 19.4 Å². The lowest BCUT2D eigenvalue weighted by atomic mass is 10.0. The Bertz CT molecular complexity index is 1160. The number of anilines is 1. The van der Waals surface area contributed by atoms with Gasteiger partial charge >= 0.3 is 0 Å². The van der Waals surface area contributed by atoms with Crippen molar-refractivity contribution in [2.24, 2.45) is 5.10 Å². The number of halogens is 1. The van der Waals surface area contributed by atoms with E-state index in [4.69, 9.17) is 16.0 Å². The summed E-state index contributed by atoms with van der Waals surface area (Å²) in [5, 5.41) is 9.33. The highest BCUT2D eigenvalue weighted by Gasteiger charge is 2.35. The van der Waals surface area contributed by atoms with Gasteiger partial charge in [0.1, 0.15) is 11.8 Å². The van der Waals surface area contributed by atoms with Crippen LogP contribution in [0.1, 0.15) is 29.3 Å². The fourth-order valence-corrected chi connectivity index (χ4v) is 3.90. The van der Waals surface area contributed by atoms with Gasteiger partial charge in [0, 0.05) is 6.42 Å². The smallest absolute Gasteiger partial charge is 0.257 e. The molecule has 8 heteroatoms. The Morgan fingerprint density at radius 1 is 1.12 bits per heavy atom. The number of likely N-dealkylation sites (N-methyl/N-ethyl adjacent to an activating group) is 1. The van der Waals surface area contributed by atoms with Crippen LogP contribution in [-0.2, 0) is 9.59 Å². The normalized spacial score (nSPS) is 15.6. The van der Waals surface area contributed by atoms with Crippen molar-refractivity contribution in [1.29, 1.82) is 0 Å². The van der Waals surface area contributed by atoms with Crippen LogP contribution in [-0.4, -0.2) is 47.6 Å². The van der Waals surface area contributed by atoms with E-state index in [0.29, 0.717) is 22.9 Å². The molecule has 2 amide bonds. The van der Waals surface area contributed by atoms with Gasteiger partial charge < -0.3 is 9.73 Å². The van der Waals surface area contributed by atoms with Crippen molar-refractivity contribution in [3.05, 3.63) is 88.8 Å². The number of nitrogens with zero attached hydrogens (tertiary/aromatic N) is 3. The molecule has 1 aromatic heterocycles. The second kappa shape index (κ2) is 10.0. The first-order valence-corrected chi connectivity index (χ1v) is 11.0. The lowest BCUT2D eigenvalue weighted by Crippen LogP contribution is -2.39. The third-order valence-electron chi connectivity index (χ3n) is 5.39. The highest BCUT2D eigenvalue weighted by Crippen LogP contribution is 2.33. The summed E-state index contributed by atoms with van der Waals surface area (Å²) in [7, 11) is 1.71. The van der Waals surface area contributed by atoms with E-state index >= 15 is 0 Å². The molecule has 7 nitrogen and oxygen atoms in total. The number of nitrogens with one attached hydrogen (secondary N) is 1. The molecule has 0 spiro atoms. The molecule has 2 aromatic carbocycles. The average molecular weight is 465 g/mol. The molecule has 33 heavy (non-hydrogen) atoms. The molecule has 2 heterocycles. The van der Waals surface area contributed by atoms with Crippen molar-refractivity contribution in [3.8, 4) is 0 Å². The largest absolute Gasteiger partial charge is 0.467 e. The molecule has 0 bridgehead atoms. The van der Waals surface area contributed by atoms with Crippen molar-refractivity contribution in [2.75, 3.05) is 25.5 Å². The van der Waals surface area contributed by atoms with Gasteiger partial charge in [-0.2, -0.15) is 5.10 Å². The van der Waals surface area contributed by atoms with Crippen LogP contribution in [0.3, 0.4) is 0 Å². The maximum atomic E-state index is 13.2. The van der Waals surface area contributed by atoms with E-state index in [1.54, 1.807) is 48.5 Å². The number of hydrogen-bond acceptors (Lipinski definition) is 5. The molecule has 3 aromatic rings. The Labute approximate surface area is 197 Å². The lowest BCUT2D eigenvalue weighted by molar-refractivity contribution is -0.134. The average Bonchev–Trinajstić information content (AvgIpc) is 3.45. The molecule has 0 saturated heterocycles. The molecule has 0 aliphatic carbocycles. The highest BCUT2D eigenvalue weighted by molar-refractivity contribution is 6.33. The Kier molecular flexibility index (Phi) is 6.91. The summed E-state index contributed by atoms with van der Waals surface area (Å²) >= 11 is 6.10. The Hall–Kier alpha value is -3.42. The van der Waals surface area contributed by atoms with Gasteiger partial charge in [-0.25, -0.2) is 5.01 Å². The summed E-state index contributed by atoms with van der Waals surface area (Å²) < 4.78 is 5.59. The molecule has 0 saturated carbocycles. The topological polar surface area (TPSA) is 78.2 Å². The van der Waals surface area contributed by atoms with Crippen LogP contribution in [0.4, 0.5) is 5.69 Å². The van der Waals surface area contributed by atoms with Gasteiger partial charge in [0.15, 0.2) is 0 Å². The van der Waals surface area contributed by atoms with E-state index < -0.39 is 0 Å². The van der Waals surface area contributed by atoms with E-state index in [9.17, 15) is 9.59 Å². The van der Waals surface area contributed by atoms with Crippen LogP contribution in [0, 0.1) is 6.92 Å². The molecule has 1 unspecified atom stereocenters. The van der Waals surface area contributed by atoms with Gasteiger partial charge in [-0.15, -0.1) is 0 Å². The number of furan rings is 1. The summed E-state index contributed by atoms with van der Waals surface area (Å²) in [5.41, 5.74) is 3.49. The number of hydrogen-bond donors (Lipinski definition) is 1. The van der Waals surface area contributed by atoms with Gasteiger partial charge in [0.25, 0.3) is 5.91 Å². The Balaban J connectivity index is 1.44. The number of aryl methyl sites for hydroxylation is 1. The molecular weight excluding hydrogens is 440 g/mol. The summed E-state index contributed by atoms with van der Waals surface area (Å²) in [4.78, 5) is 27.2. The first-order valence-electron chi connectivity index (χ1n) is 10.6. The highest BCUT2D eigenvalue weighted by atomic mass is 35.5. The van der Waals surface area contributed by atoms with Crippen LogP contribution in [0.15, 0.2) is 76.4 Å². The Morgan fingerprint density at radius 2 is 1.88 bits per heavy atom. The van der Waals surface area contributed by atoms with E-state index in [1.807, 2.05) is 37.3 Å². The second-order valence-corrected chi connectivity index (χ2v) is 8.49. The first-order chi connectivity index (χ1) is 15.9. The zero-order valence-electron chi connectivity index (χ0n) is 18.5. The summed E-state index contributed by atoms with van der Waals surface area (Å²) in [6.45, 7) is 2.09. The van der Waals surface area contributed by atoms with Crippen LogP contribution in [0.25, 0.3) is 0 Å². The summed E-state index contributed by atoms with van der Waals surface area (Å²) in [5.74, 6) is 0.200.